The van der Waals surface area contributed by atoms with Crippen molar-refractivity contribution in [2.45, 2.75) is 24.8 Å². The van der Waals surface area contributed by atoms with Gasteiger partial charge in [0, 0.05) is 11.3 Å². The molecule has 2 aromatic carbocycles. The van der Waals surface area contributed by atoms with E-state index in [1.807, 2.05) is 62.4 Å². The minimum absolute atomic E-state index is 0.531. The molecule has 0 fully saturated rings. The second-order valence-corrected chi connectivity index (χ2v) is 6.70. The molecule has 0 saturated heterocycles. The molecule has 25 heavy (non-hydrogen) atoms. The van der Waals surface area contributed by atoms with Crippen LogP contribution in [-0.4, -0.2) is 20.2 Å². The van der Waals surface area contributed by atoms with Gasteiger partial charge >= 0.3 is 0 Å². The maximum absolute atomic E-state index is 5.75. The molecule has 0 amide bonds. The monoisotopic (exact) mass is 348 g/mol. The summed E-state index contributed by atoms with van der Waals surface area (Å²) in [4.78, 5) is 9.30. The molecule has 0 unspecified atom stereocenters. The van der Waals surface area contributed by atoms with Gasteiger partial charge in [-0.2, -0.15) is 0 Å². The number of hydrogen-bond acceptors (Lipinski definition) is 6. The molecule has 2 heterocycles. The first-order chi connectivity index (χ1) is 12.2. The molecule has 0 aliphatic rings. The first kappa shape index (κ1) is 15.8. The van der Waals surface area contributed by atoms with Crippen molar-refractivity contribution in [2.75, 3.05) is 0 Å². The van der Waals surface area contributed by atoms with Gasteiger partial charge in [0.2, 0.25) is 5.89 Å². The zero-order valence-electron chi connectivity index (χ0n) is 13.9. The molecule has 0 bridgehead atoms. The topological polar surface area (TPSA) is 64.7 Å². The van der Waals surface area contributed by atoms with Gasteiger partial charge in [0.1, 0.15) is 0 Å². The van der Waals surface area contributed by atoms with Crippen molar-refractivity contribution in [3.05, 3.63) is 65.5 Å². The van der Waals surface area contributed by atoms with E-state index in [2.05, 4.69) is 15.2 Å². The minimum atomic E-state index is 0.531. The van der Waals surface area contributed by atoms with E-state index >= 15 is 0 Å². The van der Waals surface area contributed by atoms with E-state index in [0.717, 1.165) is 28.0 Å². The number of aromatic nitrogens is 4. The average molecular weight is 348 g/mol. The van der Waals surface area contributed by atoms with E-state index < -0.39 is 0 Å². The third kappa shape index (κ3) is 3.39. The van der Waals surface area contributed by atoms with Crippen molar-refractivity contribution >= 4 is 22.8 Å². The molecule has 6 heteroatoms. The lowest BCUT2D eigenvalue weighted by Crippen LogP contribution is -1.96. The predicted octanol–water partition coefficient (Wildman–Crippen LogP) is 4.59. The van der Waals surface area contributed by atoms with E-state index in [9.17, 15) is 0 Å². The van der Waals surface area contributed by atoms with Crippen molar-refractivity contribution in [3.8, 4) is 11.5 Å². The lowest BCUT2D eigenvalue weighted by molar-refractivity contribution is 0.466. The van der Waals surface area contributed by atoms with Crippen LogP contribution < -0.4 is 0 Å². The second-order valence-electron chi connectivity index (χ2n) is 5.77. The molecule has 2 aromatic heterocycles. The highest BCUT2D eigenvalue weighted by Gasteiger charge is 2.11. The number of benzene rings is 2. The van der Waals surface area contributed by atoms with Crippen molar-refractivity contribution < 1.29 is 4.42 Å². The molecule has 0 N–H and O–H groups in total. The zero-order chi connectivity index (χ0) is 17.2. The zero-order valence-corrected chi connectivity index (χ0v) is 14.7. The molecule has 5 nitrogen and oxygen atoms in total. The first-order valence-electron chi connectivity index (χ1n) is 7.94. The Kier molecular flexibility index (Phi) is 4.19. The highest BCUT2D eigenvalue weighted by molar-refractivity contribution is 7.98. The summed E-state index contributed by atoms with van der Waals surface area (Å²) >= 11 is 1.47. The lowest BCUT2D eigenvalue weighted by Gasteiger charge is -2.04. The van der Waals surface area contributed by atoms with Crippen molar-refractivity contribution in [3.63, 3.8) is 0 Å². The molecule has 124 valence electrons. The Morgan fingerprint density at radius 1 is 0.880 bits per heavy atom. The number of thioether (sulfide) groups is 1. The van der Waals surface area contributed by atoms with Crippen LogP contribution in [0.3, 0.4) is 0 Å². The summed E-state index contributed by atoms with van der Waals surface area (Å²) in [5.41, 5.74) is 5.78. The Labute approximate surface area is 149 Å². The van der Waals surface area contributed by atoms with Crippen LogP contribution in [0.5, 0.6) is 0 Å². The van der Waals surface area contributed by atoms with Crippen LogP contribution in [-0.2, 0) is 5.75 Å². The van der Waals surface area contributed by atoms with Crippen LogP contribution in [0.4, 0.5) is 0 Å². The molecular weight excluding hydrogens is 332 g/mol. The minimum Gasteiger partial charge on any atom is -0.411 e. The van der Waals surface area contributed by atoms with Gasteiger partial charge < -0.3 is 4.42 Å². The predicted molar refractivity (Wildman–Crippen MR) is 98.3 cm³/mol. The third-order valence-electron chi connectivity index (χ3n) is 3.88. The third-order valence-corrected chi connectivity index (χ3v) is 4.71. The van der Waals surface area contributed by atoms with Crippen LogP contribution >= 0.6 is 11.8 Å². The Hall–Kier alpha value is -2.73. The summed E-state index contributed by atoms with van der Waals surface area (Å²) in [6, 6.07) is 15.9. The van der Waals surface area contributed by atoms with Gasteiger partial charge in [-0.15, -0.1) is 10.2 Å². The highest BCUT2D eigenvalue weighted by atomic mass is 32.2. The van der Waals surface area contributed by atoms with Crippen molar-refractivity contribution in [2.24, 2.45) is 0 Å². The molecule has 0 aliphatic carbocycles. The molecule has 0 atom stereocenters. The summed E-state index contributed by atoms with van der Waals surface area (Å²) in [6.45, 7) is 4.02. The maximum Gasteiger partial charge on any atom is 0.277 e. The fraction of sp³-hybridized carbons (Fsp3) is 0.158. The molecule has 0 spiro atoms. The van der Waals surface area contributed by atoms with Gasteiger partial charge in [-0.05, 0) is 38.1 Å². The van der Waals surface area contributed by atoms with Gasteiger partial charge in [0.05, 0.1) is 22.4 Å². The number of nitrogens with zero attached hydrogens (tertiary/aromatic N) is 4. The van der Waals surface area contributed by atoms with E-state index in [-0.39, 0.29) is 0 Å². The highest BCUT2D eigenvalue weighted by Crippen LogP contribution is 2.26. The largest absolute Gasteiger partial charge is 0.411 e. The van der Waals surface area contributed by atoms with E-state index in [1.54, 1.807) is 0 Å². The van der Waals surface area contributed by atoms with Crippen molar-refractivity contribution in [1.82, 2.24) is 20.2 Å². The summed E-state index contributed by atoms with van der Waals surface area (Å²) in [6.07, 6.45) is 0. The Morgan fingerprint density at radius 2 is 1.60 bits per heavy atom. The Bertz CT molecular complexity index is 1030. The molecule has 4 rings (SSSR count). The van der Waals surface area contributed by atoms with Gasteiger partial charge in [-0.25, -0.2) is 9.97 Å². The Morgan fingerprint density at radius 3 is 2.36 bits per heavy atom. The summed E-state index contributed by atoms with van der Waals surface area (Å²) in [5.74, 6) is 1.17. The van der Waals surface area contributed by atoms with Crippen LogP contribution in [0.2, 0.25) is 0 Å². The molecule has 4 aromatic rings. The maximum atomic E-state index is 5.75. The fourth-order valence-corrected chi connectivity index (χ4v) is 3.24. The van der Waals surface area contributed by atoms with E-state index in [0.29, 0.717) is 16.9 Å². The number of fused-ring (bicyclic) bond motifs is 1. The Balaban J connectivity index is 1.52. The number of aryl methyl sites for hydroxylation is 2. The van der Waals surface area contributed by atoms with Gasteiger partial charge in [-0.3, -0.25) is 0 Å². The van der Waals surface area contributed by atoms with Crippen LogP contribution in [0, 0.1) is 13.8 Å². The number of hydrogen-bond donors (Lipinski definition) is 0. The van der Waals surface area contributed by atoms with Gasteiger partial charge in [0.25, 0.3) is 5.22 Å². The summed E-state index contributed by atoms with van der Waals surface area (Å²) in [5, 5.41) is 8.78. The van der Waals surface area contributed by atoms with Crippen LogP contribution in [0.1, 0.15) is 17.0 Å². The number of rotatable bonds is 4. The summed E-state index contributed by atoms with van der Waals surface area (Å²) < 4.78 is 5.75. The molecule has 0 radical (unpaired) electrons. The molecule has 0 saturated carbocycles. The van der Waals surface area contributed by atoms with Crippen LogP contribution in [0.25, 0.3) is 22.5 Å². The van der Waals surface area contributed by atoms with Gasteiger partial charge in [-0.1, -0.05) is 41.6 Å². The number of para-hydroxylation sites is 2. The standard InChI is InChI=1S/C19H16N4OS/c1-12-7-9-14(10-8-12)18-22-23-19(24-18)25-11-17-13(2)20-15-5-3-4-6-16(15)21-17/h3-10H,11H2,1-2H3. The second kappa shape index (κ2) is 6.64. The van der Waals surface area contributed by atoms with Crippen molar-refractivity contribution in [1.29, 1.82) is 0 Å². The normalized spacial score (nSPS) is 11.1. The summed E-state index contributed by atoms with van der Waals surface area (Å²) in [7, 11) is 0. The van der Waals surface area contributed by atoms with Gasteiger partial charge in [0.15, 0.2) is 0 Å². The van der Waals surface area contributed by atoms with E-state index in [4.69, 9.17) is 9.40 Å². The molecular formula is C19H16N4OS. The fourth-order valence-electron chi connectivity index (χ4n) is 2.47. The first-order valence-corrected chi connectivity index (χ1v) is 8.93. The SMILES string of the molecule is Cc1ccc(-c2nnc(SCc3nc4ccccc4nc3C)o2)cc1. The molecule has 0 aliphatic heterocycles. The smallest absolute Gasteiger partial charge is 0.277 e. The quantitative estimate of drug-likeness (QED) is 0.503. The van der Waals surface area contributed by atoms with Crippen LogP contribution in [0.15, 0.2) is 58.2 Å². The van der Waals surface area contributed by atoms with E-state index in [1.165, 1.54) is 17.3 Å². The average Bonchev–Trinajstić information content (AvgIpc) is 3.09. The lowest BCUT2D eigenvalue weighted by atomic mass is 10.1.